The van der Waals surface area contributed by atoms with Crippen LogP contribution < -0.4 is 4.90 Å². The minimum absolute atomic E-state index is 0.480. The summed E-state index contributed by atoms with van der Waals surface area (Å²) in [5.41, 5.74) is 15.6. The number of hydrogen-bond acceptors (Lipinski definition) is 2. The van der Waals surface area contributed by atoms with Crippen LogP contribution in [0, 0.1) is 0 Å². The fraction of sp³-hybridized carbons (Fsp3) is 0.0169. The van der Waals surface area contributed by atoms with Gasteiger partial charge in [-0.05, 0) is 115 Å². The van der Waals surface area contributed by atoms with Crippen molar-refractivity contribution in [2.24, 2.45) is 0 Å². The number of nitrogens with zero attached hydrogens (tertiary/aromatic N) is 1. The van der Waals surface area contributed by atoms with Crippen molar-refractivity contribution in [1.29, 1.82) is 0 Å². The molecular formula is C59H39NS. The normalized spacial score (nSPS) is 14.3. The average Bonchev–Trinajstić information content (AvgIpc) is 3.87. The summed E-state index contributed by atoms with van der Waals surface area (Å²) in [6.45, 7) is 0. The first kappa shape index (κ1) is 35.4. The van der Waals surface area contributed by atoms with Crippen molar-refractivity contribution in [2.45, 2.75) is 5.41 Å². The van der Waals surface area contributed by atoms with Crippen LogP contribution in [0.5, 0.6) is 0 Å². The van der Waals surface area contributed by atoms with Gasteiger partial charge in [0.15, 0.2) is 0 Å². The van der Waals surface area contributed by atoms with Crippen LogP contribution in [-0.2, 0) is 5.41 Å². The zero-order valence-electron chi connectivity index (χ0n) is 33.4. The molecule has 1 heterocycles. The highest BCUT2D eigenvalue weighted by Crippen LogP contribution is 2.58. The molecule has 0 amide bonds. The number of para-hydroxylation sites is 1. The fourth-order valence-electron chi connectivity index (χ4n) is 10.1. The molecule has 0 saturated heterocycles. The molecule has 286 valence electrons. The molecular weight excluding hydrogens is 755 g/mol. The summed E-state index contributed by atoms with van der Waals surface area (Å²) >= 11 is 1.90. The Balaban J connectivity index is 1.01. The molecule has 10 aromatic carbocycles. The van der Waals surface area contributed by atoms with Crippen LogP contribution >= 0.6 is 11.3 Å². The van der Waals surface area contributed by atoms with Crippen molar-refractivity contribution >= 4 is 59.3 Å². The largest absolute Gasteiger partial charge is 0.310 e. The van der Waals surface area contributed by atoms with Gasteiger partial charge in [0.2, 0.25) is 0 Å². The van der Waals surface area contributed by atoms with Crippen molar-refractivity contribution in [3.05, 3.63) is 259 Å². The van der Waals surface area contributed by atoms with Gasteiger partial charge in [-0.2, -0.15) is 0 Å². The van der Waals surface area contributed by atoms with Crippen LogP contribution in [-0.4, -0.2) is 0 Å². The molecule has 1 atom stereocenters. The lowest BCUT2D eigenvalue weighted by atomic mass is 9.67. The van der Waals surface area contributed by atoms with Crippen molar-refractivity contribution in [3.8, 4) is 33.4 Å². The first-order valence-corrected chi connectivity index (χ1v) is 21.8. The van der Waals surface area contributed by atoms with Gasteiger partial charge >= 0.3 is 0 Å². The van der Waals surface area contributed by atoms with Crippen LogP contribution in [0.3, 0.4) is 0 Å². The van der Waals surface area contributed by atoms with E-state index in [2.05, 4.69) is 241 Å². The van der Waals surface area contributed by atoms with Crippen LogP contribution in [0.25, 0.3) is 64.3 Å². The van der Waals surface area contributed by atoms with E-state index < -0.39 is 5.41 Å². The molecule has 61 heavy (non-hydrogen) atoms. The van der Waals surface area contributed by atoms with E-state index in [1.165, 1.54) is 86.6 Å². The Hall–Kier alpha value is -7.52. The molecule has 12 rings (SSSR count). The van der Waals surface area contributed by atoms with Crippen molar-refractivity contribution in [3.63, 3.8) is 0 Å². The number of benzene rings is 10. The summed E-state index contributed by atoms with van der Waals surface area (Å²) in [6, 6.07) is 87.1. The standard InChI is InChI=1S/C59H39NS/c1-4-16-40(17-5-1)41-30-34-47(35-31-41)60(46-22-8-3-9-23-46)48-24-14-19-43(38-48)50-27-15-28-51-53-39-45(33-37-56(53)61-58(50)51)59(44-20-6-2-7-21-44)54-29-13-12-26-52(54)57-49-25-11-10-18-42(49)32-36-55(57)59/h1-39H. The second kappa shape index (κ2) is 14.3. The molecule has 0 spiro atoms. The fourth-order valence-corrected chi connectivity index (χ4v) is 11.3. The van der Waals surface area contributed by atoms with E-state index in [4.69, 9.17) is 0 Å². The van der Waals surface area contributed by atoms with Crippen LogP contribution in [0.4, 0.5) is 17.1 Å². The van der Waals surface area contributed by atoms with E-state index in [-0.39, 0.29) is 0 Å². The molecule has 0 saturated carbocycles. The minimum atomic E-state index is -0.480. The summed E-state index contributed by atoms with van der Waals surface area (Å²) in [6.07, 6.45) is 0. The Morgan fingerprint density at radius 2 is 0.967 bits per heavy atom. The molecule has 2 heteroatoms. The second-order valence-electron chi connectivity index (χ2n) is 16.0. The average molecular weight is 794 g/mol. The summed E-state index contributed by atoms with van der Waals surface area (Å²) < 4.78 is 2.59. The zero-order chi connectivity index (χ0) is 40.3. The van der Waals surface area contributed by atoms with E-state index in [0.29, 0.717) is 0 Å². The Kier molecular flexibility index (Phi) is 8.33. The molecule has 0 bridgehead atoms. The van der Waals surface area contributed by atoms with Crippen LogP contribution in [0.15, 0.2) is 237 Å². The maximum atomic E-state index is 2.50. The van der Waals surface area contributed by atoms with Gasteiger partial charge in [-0.15, -0.1) is 11.3 Å². The molecule has 11 aromatic rings. The number of anilines is 3. The summed E-state index contributed by atoms with van der Waals surface area (Å²) in [7, 11) is 0. The van der Waals surface area contributed by atoms with Crippen molar-refractivity contribution in [1.82, 2.24) is 0 Å². The van der Waals surface area contributed by atoms with Gasteiger partial charge in [-0.1, -0.05) is 188 Å². The number of thiophene rings is 1. The van der Waals surface area contributed by atoms with Gasteiger partial charge in [0.05, 0.1) is 5.41 Å². The highest BCUT2D eigenvalue weighted by Gasteiger charge is 2.46. The van der Waals surface area contributed by atoms with Gasteiger partial charge < -0.3 is 4.90 Å². The van der Waals surface area contributed by atoms with E-state index in [0.717, 1.165) is 17.1 Å². The minimum Gasteiger partial charge on any atom is -0.310 e. The summed E-state index contributed by atoms with van der Waals surface area (Å²) in [5.74, 6) is 0. The second-order valence-corrected chi connectivity index (χ2v) is 17.1. The zero-order valence-corrected chi connectivity index (χ0v) is 34.2. The van der Waals surface area contributed by atoms with E-state index in [1.54, 1.807) is 0 Å². The SMILES string of the molecule is c1ccc(-c2ccc(N(c3ccccc3)c3cccc(-c4cccc5c4sc4ccc(C6(c7ccccc7)c7ccccc7-c7c6ccc6ccccc76)cc45)c3)cc2)cc1. The van der Waals surface area contributed by atoms with Crippen molar-refractivity contribution < 1.29 is 0 Å². The Morgan fingerprint density at radius 1 is 0.344 bits per heavy atom. The highest BCUT2D eigenvalue weighted by atomic mass is 32.1. The van der Waals surface area contributed by atoms with Gasteiger partial charge in [-0.3, -0.25) is 0 Å². The molecule has 0 fully saturated rings. The molecule has 1 aliphatic carbocycles. The quantitative estimate of drug-likeness (QED) is 0.155. The number of hydrogen-bond donors (Lipinski definition) is 0. The Bertz CT molecular complexity index is 3410. The maximum Gasteiger partial charge on any atom is 0.0714 e. The van der Waals surface area contributed by atoms with E-state index in [9.17, 15) is 0 Å². The van der Waals surface area contributed by atoms with Gasteiger partial charge in [0.25, 0.3) is 0 Å². The van der Waals surface area contributed by atoms with E-state index in [1.807, 2.05) is 11.3 Å². The van der Waals surface area contributed by atoms with Crippen molar-refractivity contribution in [2.75, 3.05) is 4.90 Å². The Labute approximate surface area is 360 Å². The molecule has 0 N–H and O–H groups in total. The lowest BCUT2D eigenvalue weighted by molar-refractivity contribution is 0.770. The predicted octanol–water partition coefficient (Wildman–Crippen LogP) is 16.4. The number of fused-ring (bicyclic) bond motifs is 8. The molecule has 1 unspecified atom stereocenters. The molecule has 0 radical (unpaired) electrons. The smallest absolute Gasteiger partial charge is 0.0714 e. The topological polar surface area (TPSA) is 3.24 Å². The molecule has 0 aliphatic heterocycles. The maximum absolute atomic E-state index is 2.50. The highest BCUT2D eigenvalue weighted by molar-refractivity contribution is 7.26. The lowest BCUT2D eigenvalue weighted by Crippen LogP contribution is -2.28. The van der Waals surface area contributed by atoms with Crippen LogP contribution in [0.2, 0.25) is 0 Å². The van der Waals surface area contributed by atoms with Gasteiger partial charge in [-0.25, -0.2) is 0 Å². The first-order valence-electron chi connectivity index (χ1n) is 21.0. The first-order chi connectivity index (χ1) is 30.3. The molecule has 1 aliphatic rings. The van der Waals surface area contributed by atoms with Crippen LogP contribution in [0.1, 0.15) is 22.3 Å². The monoisotopic (exact) mass is 793 g/mol. The third kappa shape index (κ3) is 5.60. The lowest BCUT2D eigenvalue weighted by Gasteiger charge is -2.34. The summed E-state index contributed by atoms with van der Waals surface area (Å²) in [4.78, 5) is 2.36. The van der Waals surface area contributed by atoms with Gasteiger partial charge in [0, 0.05) is 37.2 Å². The Morgan fingerprint density at radius 3 is 1.80 bits per heavy atom. The predicted molar refractivity (Wildman–Crippen MR) is 260 cm³/mol. The molecule has 1 aromatic heterocycles. The van der Waals surface area contributed by atoms with E-state index >= 15 is 0 Å². The molecule has 1 nitrogen and oxygen atoms in total. The third-order valence-corrected chi connectivity index (χ3v) is 14.0. The summed E-state index contributed by atoms with van der Waals surface area (Å²) in [5, 5.41) is 5.15. The third-order valence-electron chi connectivity index (χ3n) is 12.7. The van der Waals surface area contributed by atoms with Gasteiger partial charge in [0.1, 0.15) is 0 Å². The number of rotatable bonds is 7.